The Morgan fingerprint density at radius 3 is 2.03 bits per heavy atom. The molecule has 3 fully saturated rings. The third-order valence-corrected chi connectivity index (χ3v) is 8.12. The van der Waals surface area contributed by atoms with Crippen LogP contribution >= 0.6 is 0 Å². The standard InChI is InChI=1S/C27H41N3O2/c1-3-24(22-9-5-4-6-10-22)26(31)30-19-17-28(18-20-30)25(23-11-7-8-12-23)27(32)29-15-13-21(2)14-16-29/h4-6,9-10,21,23-25H,3,7-8,11-20H2,1-2H3. The van der Waals surface area contributed by atoms with Crippen LogP contribution in [0.1, 0.15) is 70.3 Å². The van der Waals surface area contributed by atoms with E-state index in [1.54, 1.807) is 0 Å². The molecule has 32 heavy (non-hydrogen) atoms. The number of likely N-dealkylation sites (tertiary alicyclic amines) is 1. The first-order chi connectivity index (χ1) is 15.6. The Morgan fingerprint density at radius 1 is 0.844 bits per heavy atom. The molecule has 4 rings (SSSR count). The van der Waals surface area contributed by atoms with E-state index in [1.807, 2.05) is 23.1 Å². The number of rotatable bonds is 6. The lowest BCUT2D eigenvalue weighted by molar-refractivity contribution is -0.143. The van der Waals surface area contributed by atoms with Gasteiger partial charge >= 0.3 is 0 Å². The number of hydrogen-bond acceptors (Lipinski definition) is 3. The third kappa shape index (κ3) is 5.19. The fraction of sp³-hybridized carbons (Fsp3) is 0.704. The predicted molar refractivity (Wildman–Crippen MR) is 128 cm³/mol. The first kappa shape index (κ1) is 23.3. The van der Waals surface area contributed by atoms with Gasteiger partial charge in [0.05, 0.1) is 12.0 Å². The van der Waals surface area contributed by atoms with Gasteiger partial charge in [-0.15, -0.1) is 0 Å². The number of nitrogens with zero attached hydrogens (tertiary/aromatic N) is 3. The zero-order valence-electron chi connectivity index (χ0n) is 20.0. The van der Waals surface area contributed by atoms with Crippen molar-refractivity contribution in [3.05, 3.63) is 35.9 Å². The quantitative estimate of drug-likeness (QED) is 0.669. The summed E-state index contributed by atoms with van der Waals surface area (Å²) >= 11 is 0. The molecule has 2 amide bonds. The van der Waals surface area contributed by atoms with Crippen LogP contribution in [0.25, 0.3) is 0 Å². The molecule has 5 heteroatoms. The smallest absolute Gasteiger partial charge is 0.240 e. The molecule has 1 aromatic carbocycles. The summed E-state index contributed by atoms with van der Waals surface area (Å²) in [4.78, 5) is 33.6. The molecule has 1 aliphatic carbocycles. The fourth-order valence-corrected chi connectivity index (χ4v) is 6.02. The van der Waals surface area contributed by atoms with Gasteiger partial charge in [0.1, 0.15) is 0 Å². The van der Waals surface area contributed by atoms with Gasteiger partial charge in [-0.2, -0.15) is 0 Å². The Morgan fingerprint density at radius 2 is 1.44 bits per heavy atom. The van der Waals surface area contributed by atoms with Gasteiger partial charge in [0.2, 0.25) is 11.8 Å². The highest BCUT2D eigenvalue weighted by molar-refractivity contribution is 5.84. The lowest BCUT2D eigenvalue weighted by Crippen LogP contribution is -2.59. The van der Waals surface area contributed by atoms with Crippen molar-refractivity contribution >= 4 is 11.8 Å². The van der Waals surface area contributed by atoms with Crippen molar-refractivity contribution in [3.8, 4) is 0 Å². The van der Waals surface area contributed by atoms with Gasteiger partial charge in [0, 0.05) is 39.3 Å². The molecule has 0 radical (unpaired) electrons. The topological polar surface area (TPSA) is 43.9 Å². The van der Waals surface area contributed by atoms with Crippen LogP contribution in [0.2, 0.25) is 0 Å². The molecule has 0 spiro atoms. The van der Waals surface area contributed by atoms with Crippen LogP contribution in [0.5, 0.6) is 0 Å². The lowest BCUT2D eigenvalue weighted by Gasteiger charge is -2.44. The third-order valence-electron chi connectivity index (χ3n) is 8.12. The van der Waals surface area contributed by atoms with Crippen LogP contribution in [0.15, 0.2) is 30.3 Å². The predicted octanol–water partition coefficient (Wildman–Crippen LogP) is 4.14. The first-order valence-corrected chi connectivity index (χ1v) is 12.9. The Bertz CT molecular complexity index is 745. The fourth-order valence-electron chi connectivity index (χ4n) is 6.02. The van der Waals surface area contributed by atoms with E-state index in [4.69, 9.17) is 0 Å². The minimum Gasteiger partial charge on any atom is -0.341 e. The summed E-state index contributed by atoms with van der Waals surface area (Å²) < 4.78 is 0. The monoisotopic (exact) mass is 439 g/mol. The molecule has 2 saturated heterocycles. The molecule has 2 atom stereocenters. The van der Waals surface area contributed by atoms with Crippen LogP contribution in [-0.4, -0.2) is 71.8 Å². The lowest BCUT2D eigenvalue weighted by atomic mass is 9.92. The van der Waals surface area contributed by atoms with E-state index in [-0.39, 0.29) is 17.9 Å². The van der Waals surface area contributed by atoms with Gasteiger partial charge in [0.15, 0.2) is 0 Å². The van der Waals surface area contributed by atoms with E-state index in [2.05, 4.69) is 35.8 Å². The molecular weight excluding hydrogens is 398 g/mol. The van der Waals surface area contributed by atoms with Crippen LogP contribution in [0.4, 0.5) is 0 Å². The van der Waals surface area contributed by atoms with Gasteiger partial charge in [-0.3, -0.25) is 14.5 Å². The minimum atomic E-state index is -0.0645. The normalized spacial score (nSPS) is 23.3. The second-order valence-corrected chi connectivity index (χ2v) is 10.2. The second kappa shape index (κ2) is 10.8. The number of piperazine rings is 1. The molecule has 1 aromatic rings. The summed E-state index contributed by atoms with van der Waals surface area (Å²) in [5.41, 5.74) is 1.11. The largest absolute Gasteiger partial charge is 0.341 e. The van der Waals surface area contributed by atoms with Crippen LogP contribution in [0, 0.1) is 11.8 Å². The molecule has 2 heterocycles. The molecule has 1 saturated carbocycles. The van der Waals surface area contributed by atoms with Crippen molar-refractivity contribution in [2.24, 2.45) is 11.8 Å². The van der Waals surface area contributed by atoms with Crippen LogP contribution in [-0.2, 0) is 9.59 Å². The Kier molecular flexibility index (Phi) is 7.88. The number of hydrogen-bond donors (Lipinski definition) is 0. The average Bonchev–Trinajstić information content (AvgIpc) is 3.35. The summed E-state index contributed by atoms with van der Waals surface area (Å²) in [6.07, 6.45) is 7.92. The molecule has 2 aliphatic heterocycles. The van der Waals surface area contributed by atoms with Gasteiger partial charge in [0.25, 0.3) is 0 Å². The van der Waals surface area contributed by atoms with Gasteiger partial charge < -0.3 is 9.80 Å². The van der Waals surface area contributed by atoms with Gasteiger partial charge in [-0.05, 0) is 49.5 Å². The number of benzene rings is 1. The van der Waals surface area contributed by atoms with E-state index < -0.39 is 0 Å². The van der Waals surface area contributed by atoms with Crippen LogP contribution < -0.4 is 0 Å². The minimum absolute atomic E-state index is 0.0132. The number of carbonyl (C=O) groups excluding carboxylic acids is 2. The zero-order chi connectivity index (χ0) is 22.5. The highest BCUT2D eigenvalue weighted by atomic mass is 16.2. The average molecular weight is 440 g/mol. The van der Waals surface area contributed by atoms with Gasteiger partial charge in [-0.1, -0.05) is 57.0 Å². The Hall–Kier alpha value is -1.88. The molecule has 2 unspecified atom stereocenters. The zero-order valence-corrected chi connectivity index (χ0v) is 20.0. The van der Waals surface area contributed by atoms with E-state index in [1.165, 1.54) is 25.7 Å². The molecule has 3 aliphatic rings. The number of amides is 2. The molecular formula is C27H41N3O2. The molecule has 0 aromatic heterocycles. The SMILES string of the molecule is CCC(C(=O)N1CCN(C(C(=O)N2CCC(C)CC2)C2CCCC2)CC1)c1ccccc1. The molecule has 5 nitrogen and oxygen atoms in total. The summed E-state index contributed by atoms with van der Waals surface area (Å²) in [6.45, 7) is 9.31. The van der Waals surface area contributed by atoms with Crippen molar-refractivity contribution < 1.29 is 9.59 Å². The maximum absolute atomic E-state index is 13.6. The Labute approximate surface area is 194 Å². The maximum atomic E-state index is 13.6. The van der Waals surface area contributed by atoms with Crippen molar-refractivity contribution in [1.29, 1.82) is 0 Å². The summed E-state index contributed by atoms with van der Waals surface area (Å²) in [6, 6.07) is 10.2. The molecule has 0 N–H and O–H groups in total. The highest BCUT2D eigenvalue weighted by Gasteiger charge is 2.40. The van der Waals surface area contributed by atoms with E-state index in [0.29, 0.717) is 11.8 Å². The Balaban J connectivity index is 1.40. The van der Waals surface area contributed by atoms with Crippen molar-refractivity contribution in [2.45, 2.75) is 70.8 Å². The summed E-state index contributed by atoms with van der Waals surface area (Å²) in [5.74, 6) is 1.75. The molecule has 176 valence electrons. The highest BCUT2D eigenvalue weighted by Crippen LogP contribution is 2.33. The second-order valence-electron chi connectivity index (χ2n) is 10.2. The van der Waals surface area contributed by atoms with Crippen molar-refractivity contribution in [1.82, 2.24) is 14.7 Å². The molecule has 0 bridgehead atoms. The van der Waals surface area contributed by atoms with E-state index in [9.17, 15) is 9.59 Å². The van der Waals surface area contributed by atoms with Crippen LogP contribution in [0.3, 0.4) is 0 Å². The number of piperidine rings is 1. The van der Waals surface area contributed by atoms with Crippen molar-refractivity contribution in [3.63, 3.8) is 0 Å². The summed E-state index contributed by atoms with van der Waals surface area (Å²) in [7, 11) is 0. The van der Waals surface area contributed by atoms with Crippen molar-refractivity contribution in [2.75, 3.05) is 39.3 Å². The summed E-state index contributed by atoms with van der Waals surface area (Å²) in [5, 5.41) is 0. The maximum Gasteiger partial charge on any atom is 0.240 e. The van der Waals surface area contributed by atoms with E-state index >= 15 is 0 Å². The first-order valence-electron chi connectivity index (χ1n) is 12.9. The van der Waals surface area contributed by atoms with Gasteiger partial charge in [-0.25, -0.2) is 0 Å². The number of carbonyl (C=O) groups is 2. The van der Waals surface area contributed by atoms with E-state index in [0.717, 1.165) is 70.0 Å².